The summed E-state index contributed by atoms with van der Waals surface area (Å²) in [4.78, 5) is 38.3. The second-order valence-electron chi connectivity index (χ2n) is 6.05. The molecule has 1 aliphatic rings. The first-order valence-corrected chi connectivity index (χ1v) is 9.57. The Morgan fingerprint density at radius 3 is 2.44 bits per heavy atom. The van der Waals surface area contributed by atoms with Gasteiger partial charge in [-0.25, -0.2) is 0 Å². The molecule has 0 saturated carbocycles. The molecule has 2 aromatic carbocycles. The van der Waals surface area contributed by atoms with E-state index in [9.17, 15) is 14.4 Å². The first-order valence-electron chi connectivity index (χ1n) is 8.76. The van der Waals surface area contributed by atoms with Gasteiger partial charge in [0.25, 0.3) is 17.1 Å². The molecule has 0 aliphatic carbocycles. The number of aryl methyl sites for hydroxylation is 1. The number of amides is 3. The molecule has 0 atom stereocenters. The van der Waals surface area contributed by atoms with Crippen molar-refractivity contribution in [3.63, 3.8) is 0 Å². The van der Waals surface area contributed by atoms with Crippen molar-refractivity contribution in [3.8, 4) is 0 Å². The zero-order valence-electron chi connectivity index (χ0n) is 15.0. The maximum absolute atomic E-state index is 12.4. The topological polar surface area (TPSA) is 66.5 Å². The molecule has 0 unspecified atom stereocenters. The lowest BCUT2D eigenvalue weighted by Gasteiger charge is -2.13. The molecule has 5 nitrogen and oxygen atoms in total. The van der Waals surface area contributed by atoms with E-state index in [1.165, 1.54) is 4.90 Å². The Morgan fingerprint density at radius 1 is 1.07 bits per heavy atom. The molecule has 3 rings (SSSR count). The van der Waals surface area contributed by atoms with Crippen molar-refractivity contribution in [1.29, 1.82) is 0 Å². The zero-order chi connectivity index (χ0) is 19.2. The van der Waals surface area contributed by atoms with E-state index in [1.807, 2.05) is 42.5 Å². The number of hydrogen-bond acceptors (Lipinski definition) is 4. The van der Waals surface area contributed by atoms with Crippen molar-refractivity contribution >= 4 is 34.9 Å². The highest BCUT2D eigenvalue weighted by molar-refractivity contribution is 8.18. The summed E-state index contributed by atoms with van der Waals surface area (Å²) in [7, 11) is 0. The predicted octanol–water partition coefficient (Wildman–Crippen LogP) is 3.72. The van der Waals surface area contributed by atoms with Gasteiger partial charge < -0.3 is 5.32 Å². The van der Waals surface area contributed by atoms with E-state index in [0.717, 1.165) is 29.3 Å². The molecule has 27 heavy (non-hydrogen) atoms. The van der Waals surface area contributed by atoms with Crippen LogP contribution >= 0.6 is 11.8 Å². The lowest BCUT2D eigenvalue weighted by Crippen LogP contribution is -2.37. The summed E-state index contributed by atoms with van der Waals surface area (Å²) in [6.45, 7) is 2.41. The number of benzene rings is 2. The quantitative estimate of drug-likeness (QED) is 0.776. The van der Waals surface area contributed by atoms with Crippen LogP contribution in [0.5, 0.6) is 0 Å². The first kappa shape index (κ1) is 18.9. The number of nitrogens with zero attached hydrogens (tertiary/aromatic N) is 1. The van der Waals surface area contributed by atoms with Crippen LogP contribution in [-0.4, -0.2) is 35.0 Å². The van der Waals surface area contributed by atoms with Crippen molar-refractivity contribution < 1.29 is 14.4 Å². The van der Waals surface area contributed by atoms with E-state index in [-0.39, 0.29) is 30.1 Å². The number of carbonyl (C=O) groups is 3. The molecular weight excluding hydrogens is 360 g/mol. The predicted molar refractivity (Wildman–Crippen MR) is 107 cm³/mol. The molecule has 2 aromatic rings. The summed E-state index contributed by atoms with van der Waals surface area (Å²) in [5.41, 5.74) is 2.59. The second kappa shape index (κ2) is 8.68. The van der Waals surface area contributed by atoms with Gasteiger partial charge in [-0.1, -0.05) is 49.4 Å². The molecule has 1 heterocycles. The van der Waals surface area contributed by atoms with Gasteiger partial charge in [-0.2, -0.15) is 0 Å². The molecule has 0 spiro atoms. The van der Waals surface area contributed by atoms with Crippen LogP contribution in [0.2, 0.25) is 0 Å². The molecule has 0 bridgehead atoms. The van der Waals surface area contributed by atoms with Crippen molar-refractivity contribution in [2.75, 3.05) is 13.1 Å². The minimum atomic E-state index is -0.324. The third-order valence-corrected chi connectivity index (χ3v) is 5.12. The van der Waals surface area contributed by atoms with Crippen molar-refractivity contribution in [3.05, 3.63) is 76.2 Å². The van der Waals surface area contributed by atoms with E-state index < -0.39 is 0 Å². The van der Waals surface area contributed by atoms with Crippen LogP contribution in [0.15, 0.2) is 59.5 Å². The van der Waals surface area contributed by atoms with Crippen LogP contribution in [0.3, 0.4) is 0 Å². The molecule has 3 amide bonds. The normalized spacial score (nSPS) is 15.4. The third kappa shape index (κ3) is 4.65. The average Bonchev–Trinajstić information content (AvgIpc) is 2.96. The van der Waals surface area contributed by atoms with Gasteiger partial charge in [0.1, 0.15) is 0 Å². The van der Waals surface area contributed by atoms with Crippen molar-refractivity contribution in [1.82, 2.24) is 10.2 Å². The van der Waals surface area contributed by atoms with Gasteiger partial charge in [-0.15, -0.1) is 0 Å². The van der Waals surface area contributed by atoms with Gasteiger partial charge in [-0.3, -0.25) is 19.3 Å². The van der Waals surface area contributed by atoms with Crippen LogP contribution in [0.1, 0.15) is 28.4 Å². The van der Waals surface area contributed by atoms with Gasteiger partial charge in [0.15, 0.2) is 0 Å². The minimum Gasteiger partial charge on any atom is -0.350 e. The number of imide groups is 1. The highest BCUT2D eigenvalue weighted by Gasteiger charge is 2.34. The third-order valence-electron chi connectivity index (χ3n) is 4.22. The van der Waals surface area contributed by atoms with E-state index >= 15 is 0 Å². The summed E-state index contributed by atoms with van der Waals surface area (Å²) in [5.74, 6) is -0.542. The molecule has 0 radical (unpaired) electrons. The maximum Gasteiger partial charge on any atom is 0.293 e. The fraction of sp³-hybridized carbons (Fsp3) is 0.190. The fourth-order valence-electron chi connectivity index (χ4n) is 2.67. The van der Waals surface area contributed by atoms with Gasteiger partial charge in [-0.05, 0) is 47.5 Å². The van der Waals surface area contributed by atoms with Crippen LogP contribution in [0.25, 0.3) is 6.08 Å². The number of hydrogen-bond donors (Lipinski definition) is 1. The fourth-order valence-corrected chi connectivity index (χ4v) is 3.53. The van der Waals surface area contributed by atoms with E-state index in [1.54, 1.807) is 18.2 Å². The standard InChI is InChI=1S/C21H20N2O3S/c1-2-15-8-10-17(11-9-15)19(24)22-12-13-23-20(25)18(27-21(23)26)14-16-6-4-3-5-7-16/h3-11,14H,2,12-13H2,1H3,(H,22,24)/b18-14+. The number of thioether (sulfide) groups is 1. The SMILES string of the molecule is CCc1ccc(C(=O)NCCN2C(=O)S/C(=C/c3ccccc3)C2=O)cc1. The highest BCUT2D eigenvalue weighted by atomic mass is 32.2. The molecule has 138 valence electrons. The van der Waals surface area contributed by atoms with Crippen LogP contribution in [0, 0.1) is 0 Å². The Labute approximate surface area is 162 Å². The molecule has 0 aromatic heterocycles. The Kier molecular flexibility index (Phi) is 6.08. The van der Waals surface area contributed by atoms with E-state index in [4.69, 9.17) is 0 Å². The van der Waals surface area contributed by atoms with Gasteiger partial charge in [0.2, 0.25) is 0 Å². The Morgan fingerprint density at radius 2 is 1.78 bits per heavy atom. The first-order chi connectivity index (χ1) is 13.1. The second-order valence-corrected chi connectivity index (χ2v) is 7.04. The summed E-state index contributed by atoms with van der Waals surface area (Å²) >= 11 is 0.922. The van der Waals surface area contributed by atoms with Gasteiger partial charge in [0, 0.05) is 18.7 Å². The van der Waals surface area contributed by atoms with Crippen LogP contribution in [-0.2, 0) is 11.2 Å². The maximum atomic E-state index is 12.4. The molecule has 1 saturated heterocycles. The van der Waals surface area contributed by atoms with E-state index in [2.05, 4.69) is 12.2 Å². The average molecular weight is 380 g/mol. The number of carbonyl (C=O) groups excluding carboxylic acids is 3. The smallest absolute Gasteiger partial charge is 0.293 e. The lowest BCUT2D eigenvalue weighted by atomic mass is 10.1. The monoisotopic (exact) mass is 380 g/mol. The molecule has 6 heteroatoms. The summed E-state index contributed by atoms with van der Waals surface area (Å²) < 4.78 is 0. The van der Waals surface area contributed by atoms with Crippen LogP contribution in [0.4, 0.5) is 4.79 Å². The number of nitrogens with one attached hydrogen (secondary N) is 1. The lowest BCUT2D eigenvalue weighted by molar-refractivity contribution is -0.122. The number of rotatable bonds is 6. The highest BCUT2D eigenvalue weighted by Crippen LogP contribution is 2.31. The molecule has 1 aliphatic heterocycles. The van der Waals surface area contributed by atoms with Crippen LogP contribution < -0.4 is 5.32 Å². The van der Waals surface area contributed by atoms with E-state index in [0.29, 0.717) is 10.5 Å². The van der Waals surface area contributed by atoms with Crippen molar-refractivity contribution in [2.24, 2.45) is 0 Å². The summed E-state index contributed by atoms with van der Waals surface area (Å²) in [5, 5.41) is 2.44. The Balaban J connectivity index is 1.56. The van der Waals surface area contributed by atoms with Crippen molar-refractivity contribution in [2.45, 2.75) is 13.3 Å². The Bertz CT molecular complexity index is 876. The zero-order valence-corrected chi connectivity index (χ0v) is 15.8. The van der Waals surface area contributed by atoms with Gasteiger partial charge in [0.05, 0.1) is 4.91 Å². The molecule has 1 fully saturated rings. The molecular formula is C21H20N2O3S. The summed E-state index contributed by atoms with van der Waals surface area (Å²) in [6, 6.07) is 16.8. The Hall–Kier alpha value is -2.86. The molecule has 1 N–H and O–H groups in total. The summed E-state index contributed by atoms with van der Waals surface area (Å²) in [6.07, 6.45) is 2.62. The van der Waals surface area contributed by atoms with Gasteiger partial charge >= 0.3 is 0 Å². The minimum absolute atomic E-state index is 0.148. The largest absolute Gasteiger partial charge is 0.350 e.